The van der Waals surface area contributed by atoms with E-state index in [2.05, 4.69) is 22.0 Å². The monoisotopic (exact) mass is 325 g/mol. The molecule has 114 valence electrons. The first-order valence-corrected chi connectivity index (χ1v) is 7.63. The standard InChI is InChI=1S/C15H19N3OS.ClH/c1-19-14-5-3-2-4-13(14)11-6-7-18(9-11)10-12-8-17-15(16)20-12;/h2-5,8,11H,6-7,9-10H2,1H3,(H2,16,17);1H. The number of rotatable bonds is 4. The van der Waals surface area contributed by atoms with Crippen LogP contribution in [0.1, 0.15) is 22.8 Å². The third-order valence-electron chi connectivity index (χ3n) is 3.80. The summed E-state index contributed by atoms with van der Waals surface area (Å²) >= 11 is 1.58. The van der Waals surface area contributed by atoms with Gasteiger partial charge in [-0.25, -0.2) is 4.98 Å². The molecule has 4 nitrogen and oxygen atoms in total. The Kier molecular flexibility index (Phi) is 5.45. The lowest BCUT2D eigenvalue weighted by atomic mass is 9.97. The fraction of sp³-hybridized carbons (Fsp3) is 0.400. The van der Waals surface area contributed by atoms with Gasteiger partial charge in [-0.05, 0) is 24.6 Å². The van der Waals surface area contributed by atoms with E-state index < -0.39 is 0 Å². The summed E-state index contributed by atoms with van der Waals surface area (Å²) in [6.07, 6.45) is 3.06. The second-order valence-electron chi connectivity index (χ2n) is 5.13. The van der Waals surface area contributed by atoms with E-state index in [1.54, 1.807) is 18.4 Å². The number of para-hydroxylation sites is 1. The minimum atomic E-state index is 0. The van der Waals surface area contributed by atoms with E-state index in [0.29, 0.717) is 11.0 Å². The van der Waals surface area contributed by atoms with E-state index in [9.17, 15) is 0 Å². The second-order valence-corrected chi connectivity index (χ2v) is 6.27. The highest BCUT2D eigenvalue weighted by molar-refractivity contribution is 7.15. The van der Waals surface area contributed by atoms with E-state index in [4.69, 9.17) is 10.5 Å². The number of thiazole rings is 1. The van der Waals surface area contributed by atoms with Crippen molar-refractivity contribution in [3.05, 3.63) is 40.9 Å². The number of methoxy groups -OCH3 is 1. The lowest BCUT2D eigenvalue weighted by Crippen LogP contribution is -2.19. The first-order valence-electron chi connectivity index (χ1n) is 6.81. The SMILES string of the molecule is COc1ccccc1C1CCN(Cc2cnc(N)s2)C1.Cl. The van der Waals surface area contributed by atoms with Crippen LogP contribution in [0.5, 0.6) is 5.75 Å². The summed E-state index contributed by atoms with van der Waals surface area (Å²) in [5.74, 6) is 1.55. The summed E-state index contributed by atoms with van der Waals surface area (Å²) in [6.45, 7) is 3.12. The predicted molar refractivity (Wildman–Crippen MR) is 89.4 cm³/mol. The van der Waals surface area contributed by atoms with Crippen molar-refractivity contribution in [1.82, 2.24) is 9.88 Å². The quantitative estimate of drug-likeness (QED) is 0.938. The molecule has 1 aromatic carbocycles. The molecule has 0 radical (unpaired) electrons. The van der Waals surface area contributed by atoms with Gasteiger partial charge in [-0.3, -0.25) is 4.90 Å². The molecule has 2 N–H and O–H groups in total. The molecular formula is C15H20ClN3OS. The van der Waals surface area contributed by atoms with Crippen molar-refractivity contribution < 1.29 is 4.74 Å². The summed E-state index contributed by atoms with van der Waals surface area (Å²) in [5.41, 5.74) is 7.00. The van der Waals surface area contributed by atoms with Crippen LogP contribution in [0, 0.1) is 0 Å². The Balaban J connectivity index is 0.00000161. The van der Waals surface area contributed by atoms with Crippen molar-refractivity contribution in [2.75, 3.05) is 25.9 Å². The van der Waals surface area contributed by atoms with Crippen molar-refractivity contribution in [3.8, 4) is 5.75 Å². The van der Waals surface area contributed by atoms with Crippen LogP contribution in [0.15, 0.2) is 30.5 Å². The summed E-state index contributed by atoms with van der Waals surface area (Å²) < 4.78 is 5.47. The first-order chi connectivity index (χ1) is 9.76. The average Bonchev–Trinajstić information content (AvgIpc) is 3.08. The number of halogens is 1. The van der Waals surface area contributed by atoms with Crippen molar-refractivity contribution in [2.24, 2.45) is 0 Å². The number of hydrogen-bond donors (Lipinski definition) is 1. The number of anilines is 1. The number of nitrogen functional groups attached to an aromatic ring is 1. The van der Waals surface area contributed by atoms with Gasteiger partial charge in [-0.1, -0.05) is 18.2 Å². The lowest BCUT2D eigenvalue weighted by molar-refractivity contribution is 0.328. The van der Waals surface area contributed by atoms with E-state index in [0.717, 1.165) is 25.4 Å². The van der Waals surface area contributed by atoms with E-state index in [1.165, 1.54) is 16.9 Å². The molecule has 0 saturated carbocycles. The van der Waals surface area contributed by atoms with Gasteiger partial charge >= 0.3 is 0 Å². The third-order valence-corrected chi connectivity index (χ3v) is 4.61. The summed E-state index contributed by atoms with van der Waals surface area (Å²) in [7, 11) is 1.74. The maximum Gasteiger partial charge on any atom is 0.180 e. The largest absolute Gasteiger partial charge is 0.496 e. The van der Waals surface area contributed by atoms with Gasteiger partial charge in [0.15, 0.2) is 5.13 Å². The molecule has 0 amide bonds. The maximum absolute atomic E-state index is 5.68. The van der Waals surface area contributed by atoms with E-state index in [-0.39, 0.29) is 12.4 Å². The van der Waals surface area contributed by atoms with Crippen molar-refractivity contribution in [1.29, 1.82) is 0 Å². The molecule has 0 bridgehead atoms. The Bertz CT molecular complexity index is 590. The molecule has 1 aliphatic heterocycles. The lowest BCUT2D eigenvalue weighted by Gasteiger charge is -2.16. The zero-order valence-corrected chi connectivity index (χ0v) is 13.6. The molecule has 3 rings (SSSR count). The van der Waals surface area contributed by atoms with E-state index >= 15 is 0 Å². The van der Waals surface area contributed by atoms with Crippen LogP contribution in [-0.4, -0.2) is 30.1 Å². The highest BCUT2D eigenvalue weighted by Gasteiger charge is 2.26. The third kappa shape index (κ3) is 3.67. The number of ether oxygens (including phenoxy) is 1. The molecule has 1 fully saturated rings. The van der Waals surface area contributed by atoms with Crippen molar-refractivity contribution >= 4 is 28.9 Å². The number of aromatic nitrogens is 1. The molecule has 2 heterocycles. The summed E-state index contributed by atoms with van der Waals surface area (Å²) in [5, 5.41) is 0.653. The molecule has 21 heavy (non-hydrogen) atoms. The predicted octanol–water partition coefficient (Wildman–Crippen LogP) is 3.15. The van der Waals surface area contributed by atoms with Crippen LogP contribution in [0.4, 0.5) is 5.13 Å². The Morgan fingerprint density at radius 3 is 2.95 bits per heavy atom. The van der Waals surface area contributed by atoms with Crippen LogP contribution >= 0.6 is 23.7 Å². The van der Waals surface area contributed by atoms with Gasteiger partial charge in [0, 0.05) is 30.1 Å². The van der Waals surface area contributed by atoms with Crippen molar-refractivity contribution in [2.45, 2.75) is 18.9 Å². The van der Waals surface area contributed by atoms with Crippen LogP contribution in [0.2, 0.25) is 0 Å². The number of benzene rings is 1. The smallest absolute Gasteiger partial charge is 0.180 e. The second kappa shape index (κ2) is 7.11. The topological polar surface area (TPSA) is 51.4 Å². The van der Waals surface area contributed by atoms with Gasteiger partial charge in [0.1, 0.15) is 5.75 Å². The Hall–Kier alpha value is -1.30. The van der Waals surface area contributed by atoms with Gasteiger partial charge in [-0.2, -0.15) is 0 Å². The van der Waals surface area contributed by atoms with Crippen LogP contribution in [-0.2, 0) is 6.54 Å². The molecule has 1 unspecified atom stereocenters. The highest BCUT2D eigenvalue weighted by atomic mass is 35.5. The molecular weight excluding hydrogens is 306 g/mol. The van der Waals surface area contributed by atoms with Crippen molar-refractivity contribution in [3.63, 3.8) is 0 Å². The molecule has 1 aromatic heterocycles. The number of nitrogens with zero attached hydrogens (tertiary/aromatic N) is 2. The fourth-order valence-corrected chi connectivity index (χ4v) is 3.58. The van der Waals surface area contributed by atoms with E-state index in [1.807, 2.05) is 18.3 Å². The molecule has 1 atom stereocenters. The Morgan fingerprint density at radius 1 is 1.43 bits per heavy atom. The summed E-state index contributed by atoms with van der Waals surface area (Å²) in [6, 6.07) is 8.33. The molecule has 6 heteroatoms. The molecule has 0 spiro atoms. The number of likely N-dealkylation sites (tertiary alicyclic amines) is 1. The summed E-state index contributed by atoms with van der Waals surface area (Å²) in [4.78, 5) is 7.81. The first kappa shape index (κ1) is 16.1. The minimum absolute atomic E-state index is 0. The Labute approximate surface area is 135 Å². The normalized spacial score (nSPS) is 18.4. The molecule has 2 aromatic rings. The maximum atomic E-state index is 5.68. The van der Waals surface area contributed by atoms with Gasteiger partial charge in [-0.15, -0.1) is 23.7 Å². The molecule has 1 saturated heterocycles. The fourth-order valence-electron chi connectivity index (χ4n) is 2.85. The van der Waals surface area contributed by atoms with Crippen LogP contribution in [0.3, 0.4) is 0 Å². The highest BCUT2D eigenvalue weighted by Crippen LogP contribution is 2.34. The van der Waals surface area contributed by atoms with Gasteiger partial charge in [0.25, 0.3) is 0 Å². The van der Waals surface area contributed by atoms with Gasteiger partial charge in [0.2, 0.25) is 0 Å². The average molecular weight is 326 g/mol. The zero-order valence-electron chi connectivity index (χ0n) is 12.0. The minimum Gasteiger partial charge on any atom is -0.496 e. The molecule has 1 aliphatic rings. The van der Waals surface area contributed by atoms with Crippen LogP contribution in [0.25, 0.3) is 0 Å². The van der Waals surface area contributed by atoms with Gasteiger partial charge in [0.05, 0.1) is 7.11 Å². The zero-order chi connectivity index (χ0) is 13.9. The molecule has 0 aliphatic carbocycles. The van der Waals surface area contributed by atoms with Crippen LogP contribution < -0.4 is 10.5 Å². The van der Waals surface area contributed by atoms with Gasteiger partial charge < -0.3 is 10.5 Å². The number of hydrogen-bond acceptors (Lipinski definition) is 5. The number of nitrogens with two attached hydrogens (primary N) is 1. The Morgan fingerprint density at radius 2 is 2.24 bits per heavy atom.